The number of likely N-dealkylation sites (tertiary alicyclic amines) is 1. The predicted octanol–water partition coefficient (Wildman–Crippen LogP) is 3.89. The van der Waals surface area contributed by atoms with Crippen molar-refractivity contribution in [2.24, 2.45) is 10.9 Å². The molecule has 1 aromatic carbocycles. The van der Waals surface area contributed by atoms with Gasteiger partial charge in [0.1, 0.15) is 0 Å². The molecule has 2 aliphatic carbocycles. The van der Waals surface area contributed by atoms with Gasteiger partial charge in [0.2, 0.25) is 5.91 Å². The van der Waals surface area contributed by atoms with E-state index < -0.39 is 0 Å². The Balaban J connectivity index is 0.00000240. The Hall–Kier alpha value is -0.960. The number of nitrogens with zero attached hydrogens (tertiary/aromatic N) is 2. The minimum absolute atomic E-state index is 0. The van der Waals surface area contributed by atoms with E-state index in [1.807, 2.05) is 18.8 Å². The molecule has 2 saturated carbocycles. The average Bonchev–Trinajstić information content (AvgIpc) is 3.13. The van der Waals surface area contributed by atoms with Crippen LogP contribution in [0.25, 0.3) is 0 Å². The number of carbonyl (C=O) groups is 1. The molecule has 160 valence electrons. The van der Waals surface area contributed by atoms with Crippen LogP contribution in [0.3, 0.4) is 0 Å². The van der Waals surface area contributed by atoms with Gasteiger partial charge in [-0.3, -0.25) is 9.79 Å². The fraction of sp³-hybridized carbons (Fsp3) is 0.636. The first-order valence-electron chi connectivity index (χ1n) is 10.7. The van der Waals surface area contributed by atoms with E-state index in [1.165, 1.54) is 30.6 Å². The summed E-state index contributed by atoms with van der Waals surface area (Å²) in [5.41, 5.74) is 0. The van der Waals surface area contributed by atoms with Crippen LogP contribution >= 0.6 is 35.7 Å². The van der Waals surface area contributed by atoms with Crippen LogP contribution < -0.4 is 10.6 Å². The smallest absolute Gasteiger partial charge is 0.225 e. The summed E-state index contributed by atoms with van der Waals surface area (Å²) in [7, 11) is 1.83. The number of carbonyl (C=O) groups excluding carboxylic acids is 1. The maximum absolute atomic E-state index is 12.6. The summed E-state index contributed by atoms with van der Waals surface area (Å²) >= 11 is 1.97. The summed E-state index contributed by atoms with van der Waals surface area (Å²) in [5.74, 6) is 1.52. The van der Waals surface area contributed by atoms with Gasteiger partial charge in [-0.05, 0) is 44.2 Å². The molecule has 1 aliphatic heterocycles. The number of hydrogen-bond acceptors (Lipinski definition) is 3. The van der Waals surface area contributed by atoms with Crippen molar-refractivity contribution in [3.05, 3.63) is 30.3 Å². The van der Waals surface area contributed by atoms with Gasteiger partial charge in [0.25, 0.3) is 0 Å². The predicted molar refractivity (Wildman–Crippen MR) is 131 cm³/mol. The van der Waals surface area contributed by atoms with E-state index in [0.29, 0.717) is 16.7 Å². The van der Waals surface area contributed by atoms with Crippen molar-refractivity contribution in [2.45, 2.75) is 60.6 Å². The number of hydrogen-bond donors (Lipinski definition) is 2. The number of nitrogens with one attached hydrogen (secondary N) is 2. The van der Waals surface area contributed by atoms with Crippen molar-refractivity contribution in [2.75, 3.05) is 26.7 Å². The molecule has 2 N–H and O–H groups in total. The first-order chi connectivity index (χ1) is 13.7. The lowest BCUT2D eigenvalue weighted by Crippen LogP contribution is -2.47. The molecule has 0 bridgehead atoms. The lowest BCUT2D eigenvalue weighted by Gasteiger charge is -2.22. The van der Waals surface area contributed by atoms with Gasteiger partial charge < -0.3 is 15.5 Å². The van der Waals surface area contributed by atoms with E-state index >= 15 is 0 Å². The molecule has 1 aromatic rings. The van der Waals surface area contributed by atoms with E-state index in [9.17, 15) is 4.79 Å². The summed E-state index contributed by atoms with van der Waals surface area (Å²) in [6.45, 7) is 2.60. The van der Waals surface area contributed by atoms with Gasteiger partial charge in [-0.2, -0.15) is 0 Å². The van der Waals surface area contributed by atoms with Gasteiger partial charge in [0.15, 0.2) is 5.96 Å². The second-order valence-corrected chi connectivity index (χ2v) is 9.96. The number of guanidine groups is 1. The van der Waals surface area contributed by atoms with Crippen LogP contribution in [-0.2, 0) is 4.79 Å². The molecule has 3 aliphatic rings. The van der Waals surface area contributed by atoms with Gasteiger partial charge >= 0.3 is 0 Å². The zero-order chi connectivity index (χ0) is 19.4. The van der Waals surface area contributed by atoms with E-state index in [0.717, 1.165) is 44.9 Å². The Morgan fingerprint density at radius 1 is 1.21 bits per heavy atom. The van der Waals surface area contributed by atoms with Crippen LogP contribution in [0.1, 0.15) is 44.9 Å². The Morgan fingerprint density at radius 3 is 2.59 bits per heavy atom. The minimum Gasteiger partial charge on any atom is -0.355 e. The van der Waals surface area contributed by atoms with Gasteiger partial charge in [-0.15, -0.1) is 35.7 Å². The van der Waals surface area contributed by atoms with Crippen LogP contribution in [0.4, 0.5) is 0 Å². The van der Waals surface area contributed by atoms with Crippen LogP contribution in [0, 0.1) is 5.92 Å². The lowest BCUT2D eigenvalue weighted by atomic mass is 10.1. The van der Waals surface area contributed by atoms with Gasteiger partial charge in [-0.1, -0.05) is 31.0 Å². The van der Waals surface area contributed by atoms with E-state index in [4.69, 9.17) is 0 Å². The second-order valence-electron chi connectivity index (χ2n) is 8.42. The molecule has 1 heterocycles. The van der Waals surface area contributed by atoms with Crippen LogP contribution in [0.2, 0.25) is 0 Å². The number of rotatable bonds is 6. The first-order valence-corrected chi connectivity index (χ1v) is 11.5. The molecule has 1 amide bonds. The summed E-state index contributed by atoms with van der Waals surface area (Å²) in [4.78, 5) is 20.5. The number of amides is 1. The Morgan fingerprint density at radius 2 is 1.93 bits per heavy atom. The van der Waals surface area contributed by atoms with Gasteiger partial charge in [-0.25, -0.2) is 0 Å². The summed E-state index contributed by atoms with van der Waals surface area (Å²) in [6, 6.07) is 10.9. The highest BCUT2D eigenvalue weighted by atomic mass is 127. The Kier molecular flexibility index (Phi) is 8.13. The SMILES string of the molecule is CN=C(NCC1(Sc2ccccc2)CC1)NC1CCN(C(=O)C2CCCC2)C1.I. The number of halogens is 1. The highest BCUT2D eigenvalue weighted by molar-refractivity contribution is 14.0. The van der Waals surface area contributed by atoms with Crippen molar-refractivity contribution in [3.63, 3.8) is 0 Å². The van der Waals surface area contributed by atoms with Crippen molar-refractivity contribution < 1.29 is 4.79 Å². The Bertz CT molecular complexity index is 704. The van der Waals surface area contributed by atoms with Crippen LogP contribution in [0.15, 0.2) is 40.2 Å². The first kappa shape index (κ1) is 22.7. The third-order valence-corrected chi connectivity index (χ3v) is 7.73. The second kappa shape index (κ2) is 10.4. The summed E-state index contributed by atoms with van der Waals surface area (Å²) < 4.78 is 0.291. The van der Waals surface area contributed by atoms with Gasteiger partial charge in [0.05, 0.1) is 0 Å². The average molecular weight is 529 g/mol. The molecule has 1 unspecified atom stereocenters. The third kappa shape index (κ3) is 6.03. The molecule has 0 aromatic heterocycles. The molecule has 1 saturated heterocycles. The summed E-state index contributed by atoms with van der Waals surface area (Å²) in [6.07, 6.45) is 8.07. The fourth-order valence-corrected chi connectivity index (χ4v) is 5.58. The number of benzene rings is 1. The maximum Gasteiger partial charge on any atom is 0.225 e. The lowest BCUT2D eigenvalue weighted by molar-refractivity contribution is -0.134. The molecular formula is C22H33IN4OS. The fourth-order valence-electron chi connectivity index (χ4n) is 4.33. The Labute approximate surface area is 195 Å². The molecule has 1 atom stereocenters. The highest BCUT2D eigenvalue weighted by Crippen LogP contribution is 2.51. The maximum atomic E-state index is 12.6. The summed E-state index contributed by atoms with van der Waals surface area (Å²) in [5, 5.41) is 7.07. The van der Waals surface area contributed by atoms with E-state index in [1.54, 1.807) is 0 Å². The molecule has 0 spiro atoms. The van der Waals surface area contributed by atoms with Gasteiger partial charge in [0, 0.05) is 48.3 Å². The van der Waals surface area contributed by atoms with Crippen molar-refractivity contribution in [1.29, 1.82) is 0 Å². The molecule has 0 radical (unpaired) electrons. The standard InChI is InChI=1S/C22H32N4OS.HI/c1-23-21(24-16-22(12-13-22)28-19-9-3-2-4-10-19)25-18-11-14-26(15-18)20(27)17-7-5-6-8-17;/h2-4,9-10,17-18H,5-8,11-16H2,1H3,(H2,23,24,25);1H. The topological polar surface area (TPSA) is 56.7 Å². The molecule has 29 heavy (non-hydrogen) atoms. The van der Waals surface area contributed by atoms with Crippen molar-refractivity contribution in [3.8, 4) is 0 Å². The van der Waals surface area contributed by atoms with E-state index in [-0.39, 0.29) is 29.9 Å². The zero-order valence-electron chi connectivity index (χ0n) is 17.2. The quantitative estimate of drug-likeness (QED) is 0.334. The molecule has 5 nitrogen and oxygen atoms in total. The third-order valence-electron chi connectivity index (χ3n) is 6.23. The van der Waals surface area contributed by atoms with Crippen LogP contribution in [0.5, 0.6) is 0 Å². The normalized spacial score (nSPS) is 23.6. The molecular weight excluding hydrogens is 495 g/mol. The molecule has 7 heteroatoms. The minimum atomic E-state index is 0. The molecule has 3 fully saturated rings. The zero-order valence-corrected chi connectivity index (χ0v) is 20.4. The largest absolute Gasteiger partial charge is 0.355 e. The monoisotopic (exact) mass is 528 g/mol. The highest BCUT2D eigenvalue weighted by Gasteiger charge is 2.44. The molecule has 4 rings (SSSR count). The van der Waals surface area contributed by atoms with Crippen LogP contribution in [-0.4, -0.2) is 54.2 Å². The van der Waals surface area contributed by atoms with E-state index in [2.05, 4.69) is 50.9 Å². The van der Waals surface area contributed by atoms with Crippen molar-refractivity contribution >= 4 is 47.6 Å². The number of thioether (sulfide) groups is 1. The number of aliphatic imine (C=N–C) groups is 1. The van der Waals surface area contributed by atoms with Crippen molar-refractivity contribution in [1.82, 2.24) is 15.5 Å².